The van der Waals surface area contributed by atoms with Crippen LogP contribution in [0.25, 0.3) is 0 Å². The second-order valence-electron chi connectivity index (χ2n) is 2.21. The molecule has 64 valence electrons. The van der Waals surface area contributed by atoms with E-state index in [0.717, 1.165) is 6.07 Å². The molecular formula is C8H5ClF2O. The van der Waals surface area contributed by atoms with Crippen LogP contribution in [0.2, 0.25) is 5.02 Å². The Morgan fingerprint density at radius 2 is 2.08 bits per heavy atom. The minimum absolute atomic E-state index is 0.0914. The van der Waals surface area contributed by atoms with E-state index in [1.54, 1.807) is 0 Å². The molecule has 0 radical (unpaired) electrons. The summed E-state index contributed by atoms with van der Waals surface area (Å²) < 4.78 is 25.5. The number of carbonyl (C=O) groups excluding carboxylic acids is 1. The topological polar surface area (TPSA) is 17.1 Å². The summed E-state index contributed by atoms with van der Waals surface area (Å²) in [7, 11) is 0. The molecule has 0 aliphatic heterocycles. The molecule has 0 fully saturated rings. The van der Waals surface area contributed by atoms with Crippen molar-refractivity contribution < 1.29 is 13.6 Å². The zero-order valence-electron chi connectivity index (χ0n) is 5.98. The maximum atomic E-state index is 12.9. The SMILES string of the molecule is O=CCc1ccc(F)c(Cl)c1F. The minimum Gasteiger partial charge on any atom is -0.303 e. The van der Waals surface area contributed by atoms with Crippen molar-refractivity contribution in [2.75, 3.05) is 0 Å². The molecule has 0 atom stereocenters. The van der Waals surface area contributed by atoms with Crippen molar-refractivity contribution in [2.24, 2.45) is 0 Å². The molecule has 0 amide bonds. The number of halogens is 3. The van der Waals surface area contributed by atoms with Crippen LogP contribution in [-0.4, -0.2) is 6.29 Å². The molecule has 1 rings (SSSR count). The number of carbonyl (C=O) groups is 1. The average molecular weight is 191 g/mol. The molecule has 0 spiro atoms. The van der Waals surface area contributed by atoms with E-state index in [4.69, 9.17) is 11.6 Å². The number of hydrogen-bond acceptors (Lipinski definition) is 1. The maximum Gasteiger partial charge on any atom is 0.148 e. The van der Waals surface area contributed by atoms with Gasteiger partial charge < -0.3 is 4.79 Å². The van der Waals surface area contributed by atoms with E-state index in [2.05, 4.69) is 0 Å². The first kappa shape index (κ1) is 9.13. The number of hydrogen-bond donors (Lipinski definition) is 0. The summed E-state index contributed by atoms with van der Waals surface area (Å²) in [6.07, 6.45) is 0.443. The number of aldehydes is 1. The largest absolute Gasteiger partial charge is 0.303 e. The quantitative estimate of drug-likeness (QED) is 0.517. The van der Waals surface area contributed by atoms with Crippen molar-refractivity contribution in [2.45, 2.75) is 6.42 Å². The van der Waals surface area contributed by atoms with Crippen molar-refractivity contribution in [1.29, 1.82) is 0 Å². The third-order valence-corrected chi connectivity index (χ3v) is 1.76. The molecule has 0 bridgehead atoms. The van der Waals surface area contributed by atoms with E-state index in [9.17, 15) is 13.6 Å². The Balaban J connectivity index is 3.16. The minimum atomic E-state index is -0.858. The molecule has 0 saturated carbocycles. The van der Waals surface area contributed by atoms with Gasteiger partial charge in [-0.1, -0.05) is 17.7 Å². The first-order chi connectivity index (χ1) is 5.66. The van der Waals surface area contributed by atoms with E-state index in [1.165, 1.54) is 6.07 Å². The fraction of sp³-hybridized carbons (Fsp3) is 0.125. The highest BCUT2D eigenvalue weighted by Crippen LogP contribution is 2.21. The Hall–Kier alpha value is -0.960. The van der Waals surface area contributed by atoms with E-state index >= 15 is 0 Å². The maximum absolute atomic E-state index is 12.9. The molecule has 0 heterocycles. The van der Waals surface area contributed by atoms with E-state index in [0.29, 0.717) is 6.29 Å². The Morgan fingerprint density at radius 3 is 2.67 bits per heavy atom. The standard InChI is InChI=1S/C8H5ClF2O/c9-7-6(10)2-1-5(3-4-12)8(7)11/h1-2,4H,3H2. The Morgan fingerprint density at radius 1 is 1.42 bits per heavy atom. The van der Waals surface area contributed by atoms with Gasteiger partial charge in [-0.25, -0.2) is 8.78 Å². The molecule has 0 aromatic heterocycles. The van der Waals surface area contributed by atoms with Gasteiger partial charge in [0.25, 0.3) is 0 Å². The molecule has 0 N–H and O–H groups in total. The predicted molar refractivity (Wildman–Crippen MR) is 41.1 cm³/mol. The summed E-state index contributed by atoms with van der Waals surface area (Å²) in [5, 5.41) is -0.561. The average Bonchev–Trinajstić information content (AvgIpc) is 2.07. The van der Waals surface area contributed by atoms with Crippen LogP contribution in [0.15, 0.2) is 12.1 Å². The summed E-state index contributed by atoms with van der Waals surface area (Å²) in [5.41, 5.74) is 0.108. The summed E-state index contributed by atoms with van der Waals surface area (Å²) in [5.74, 6) is -1.67. The Labute approximate surface area is 73.0 Å². The predicted octanol–water partition coefficient (Wildman–Crippen LogP) is 2.36. The van der Waals surface area contributed by atoms with Crippen LogP contribution in [0.5, 0.6) is 0 Å². The molecular weight excluding hydrogens is 186 g/mol. The van der Waals surface area contributed by atoms with E-state index in [-0.39, 0.29) is 12.0 Å². The van der Waals surface area contributed by atoms with Crippen LogP contribution in [0.4, 0.5) is 8.78 Å². The van der Waals surface area contributed by atoms with Crippen molar-refractivity contribution in [3.05, 3.63) is 34.4 Å². The lowest BCUT2D eigenvalue weighted by Gasteiger charge is -2.00. The van der Waals surface area contributed by atoms with E-state index in [1.807, 2.05) is 0 Å². The van der Waals surface area contributed by atoms with Gasteiger partial charge in [-0.2, -0.15) is 0 Å². The van der Waals surface area contributed by atoms with Gasteiger partial charge >= 0.3 is 0 Å². The van der Waals surface area contributed by atoms with Crippen LogP contribution in [-0.2, 0) is 11.2 Å². The lowest BCUT2D eigenvalue weighted by molar-refractivity contribution is -0.107. The first-order valence-electron chi connectivity index (χ1n) is 3.23. The van der Waals surface area contributed by atoms with Crippen molar-refractivity contribution in [3.63, 3.8) is 0 Å². The second kappa shape index (κ2) is 3.63. The summed E-state index contributed by atoms with van der Waals surface area (Å²) in [4.78, 5) is 10.0. The monoisotopic (exact) mass is 190 g/mol. The molecule has 0 saturated heterocycles. The molecule has 1 nitrogen and oxygen atoms in total. The molecule has 1 aromatic rings. The molecule has 0 unspecified atom stereocenters. The second-order valence-corrected chi connectivity index (χ2v) is 2.58. The fourth-order valence-corrected chi connectivity index (χ4v) is 0.998. The number of benzene rings is 1. The van der Waals surface area contributed by atoms with Crippen molar-refractivity contribution in [1.82, 2.24) is 0 Å². The van der Waals surface area contributed by atoms with Crippen LogP contribution >= 0.6 is 11.6 Å². The molecule has 0 aliphatic rings. The lowest BCUT2D eigenvalue weighted by atomic mass is 10.1. The van der Waals surface area contributed by atoms with E-state index < -0.39 is 16.7 Å². The molecule has 0 aliphatic carbocycles. The van der Waals surface area contributed by atoms with Crippen LogP contribution in [0.1, 0.15) is 5.56 Å². The summed E-state index contributed by atoms with van der Waals surface area (Å²) >= 11 is 5.25. The smallest absolute Gasteiger partial charge is 0.148 e. The number of rotatable bonds is 2. The van der Waals surface area contributed by atoms with Crippen LogP contribution in [0.3, 0.4) is 0 Å². The van der Waals surface area contributed by atoms with Gasteiger partial charge in [-0.3, -0.25) is 0 Å². The fourth-order valence-electron chi connectivity index (χ4n) is 0.813. The van der Waals surface area contributed by atoms with Gasteiger partial charge in [0.05, 0.1) is 0 Å². The lowest BCUT2D eigenvalue weighted by Crippen LogP contribution is -1.94. The molecule has 1 aromatic carbocycles. The Bertz CT molecular complexity index is 312. The molecule has 4 heteroatoms. The third kappa shape index (κ3) is 1.61. The van der Waals surface area contributed by atoms with Gasteiger partial charge in [0.2, 0.25) is 0 Å². The zero-order valence-corrected chi connectivity index (χ0v) is 6.74. The zero-order chi connectivity index (χ0) is 9.14. The van der Waals surface area contributed by atoms with Gasteiger partial charge in [-0.15, -0.1) is 0 Å². The van der Waals surface area contributed by atoms with Crippen LogP contribution < -0.4 is 0 Å². The summed E-state index contributed by atoms with van der Waals surface area (Å²) in [6, 6.07) is 2.23. The summed E-state index contributed by atoms with van der Waals surface area (Å²) in [6.45, 7) is 0. The van der Waals surface area contributed by atoms with Crippen LogP contribution in [0, 0.1) is 11.6 Å². The van der Waals surface area contributed by atoms with Gasteiger partial charge in [0.15, 0.2) is 0 Å². The van der Waals surface area contributed by atoms with Crippen molar-refractivity contribution >= 4 is 17.9 Å². The van der Waals surface area contributed by atoms with Gasteiger partial charge in [0, 0.05) is 6.42 Å². The first-order valence-corrected chi connectivity index (χ1v) is 3.60. The van der Waals surface area contributed by atoms with Gasteiger partial charge in [0.1, 0.15) is 22.9 Å². The highest BCUT2D eigenvalue weighted by molar-refractivity contribution is 6.30. The third-order valence-electron chi connectivity index (χ3n) is 1.42. The van der Waals surface area contributed by atoms with Gasteiger partial charge in [-0.05, 0) is 11.6 Å². The highest BCUT2D eigenvalue weighted by atomic mass is 35.5. The Kier molecular flexibility index (Phi) is 2.76. The highest BCUT2D eigenvalue weighted by Gasteiger charge is 2.10. The normalized spacial score (nSPS) is 9.92. The molecule has 12 heavy (non-hydrogen) atoms. The van der Waals surface area contributed by atoms with Crippen molar-refractivity contribution in [3.8, 4) is 0 Å².